The Balaban J connectivity index is 1.49. The topological polar surface area (TPSA) is 77.7 Å². The van der Waals surface area contributed by atoms with Gasteiger partial charge in [-0.05, 0) is 36.4 Å². The third-order valence-electron chi connectivity index (χ3n) is 5.71. The maximum atomic E-state index is 12.9. The molecule has 0 bridgehead atoms. The van der Waals surface area contributed by atoms with Gasteiger partial charge in [0.05, 0.1) is 27.7 Å². The van der Waals surface area contributed by atoms with E-state index in [0.717, 1.165) is 26.1 Å². The number of nitrogens with zero attached hydrogens (tertiary/aromatic N) is 5. The molecule has 0 spiro atoms. The van der Waals surface area contributed by atoms with Crippen molar-refractivity contribution in [1.29, 1.82) is 0 Å². The zero-order chi connectivity index (χ0) is 23.8. The van der Waals surface area contributed by atoms with E-state index in [1.54, 1.807) is 34.4 Å². The van der Waals surface area contributed by atoms with Crippen LogP contribution in [0.25, 0.3) is 38.1 Å². The summed E-state index contributed by atoms with van der Waals surface area (Å²) in [7, 11) is 1.96. The van der Waals surface area contributed by atoms with Gasteiger partial charge in [-0.25, -0.2) is 9.48 Å². The molecule has 0 fully saturated rings. The Hall–Kier alpha value is -4.56. The van der Waals surface area contributed by atoms with Crippen LogP contribution in [0.4, 0.5) is 0 Å². The van der Waals surface area contributed by atoms with Gasteiger partial charge in [0, 0.05) is 24.2 Å². The zero-order valence-corrected chi connectivity index (χ0v) is 19.5. The second-order valence-electron chi connectivity index (χ2n) is 7.95. The number of fused-ring (bicyclic) bond motifs is 2. The third-order valence-corrected chi connectivity index (χ3v) is 6.82. The molecule has 0 atom stereocenters. The molecule has 3 aromatic heterocycles. The van der Waals surface area contributed by atoms with Crippen molar-refractivity contribution in [3.8, 4) is 16.9 Å². The number of aryl methyl sites for hydroxylation is 1. The highest BCUT2D eigenvalue weighted by atomic mass is 32.1. The summed E-state index contributed by atoms with van der Waals surface area (Å²) in [6.07, 6.45) is 3.46. The van der Waals surface area contributed by atoms with Gasteiger partial charge in [-0.3, -0.25) is 0 Å². The highest BCUT2D eigenvalue weighted by molar-refractivity contribution is 7.16. The van der Waals surface area contributed by atoms with Crippen molar-refractivity contribution in [1.82, 2.24) is 14.3 Å². The summed E-state index contributed by atoms with van der Waals surface area (Å²) < 4.78 is 10.4. The minimum Gasteiger partial charge on any atom is -0.422 e. The van der Waals surface area contributed by atoms with Crippen LogP contribution in [-0.4, -0.2) is 20.6 Å². The number of aromatic nitrogens is 3. The van der Waals surface area contributed by atoms with Gasteiger partial charge in [-0.1, -0.05) is 59.9 Å². The van der Waals surface area contributed by atoms with E-state index in [9.17, 15) is 4.79 Å². The van der Waals surface area contributed by atoms with E-state index in [2.05, 4.69) is 22.3 Å². The lowest BCUT2D eigenvalue weighted by Crippen LogP contribution is -2.09. The molecule has 0 N–H and O–H groups in total. The van der Waals surface area contributed by atoms with Crippen LogP contribution < -0.4 is 10.4 Å². The Kier molecular flexibility index (Phi) is 5.20. The molecule has 8 heteroatoms. The van der Waals surface area contributed by atoms with Gasteiger partial charge in [0.25, 0.3) is 0 Å². The lowest BCUT2D eigenvalue weighted by molar-refractivity contribution is 0.563. The van der Waals surface area contributed by atoms with E-state index < -0.39 is 5.63 Å². The SMILES string of the molecule is Cn1/c(=N\N=C/c2cn(-c3ccccc3)nc2-c2cc3ccccc3oc2=O)sc2ccccc21. The van der Waals surface area contributed by atoms with Gasteiger partial charge in [0.2, 0.25) is 4.80 Å². The maximum absolute atomic E-state index is 12.9. The smallest absolute Gasteiger partial charge is 0.345 e. The first-order chi connectivity index (χ1) is 17.2. The Labute approximate surface area is 203 Å². The van der Waals surface area contributed by atoms with Crippen molar-refractivity contribution in [2.45, 2.75) is 0 Å². The number of benzene rings is 3. The van der Waals surface area contributed by atoms with Gasteiger partial charge in [0.15, 0.2) is 0 Å². The minimum absolute atomic E-state index is 0.368. The molecule has 3 heterocycles. The Morgan fingerprint density at radius 3 is 2.60 bits per heavy atom. The number of rotatable bonds is 4. The highest BCUT2D eigenvalue weighted by Gasteiger charge is 2.16. The summed E-state index contributed by atoms with van der Waals surface area (Å²) in [6.45, 7) is 0. The Bertz CT molecular complexity index is 1840. The quantitative estimate of drug-likeness (QED) is 0.201. The zero-order valence-electron chi connectivity index (χ0n) is 18.7. The number of hydrogen-bond acceptors (Lipinski definition) is 6. The van der Waals surface area contributed by atoms with Gasteiger partial charge >= 0.3 is 5.63 Å². The molecule has 0 radical (unpaired) electrons. The fraction of sp³-hybridized carbons (Fsp3) is 0.0370. The van der Waals surface area contributed by atoms with E-state index >= 15 is 0 Å². The summed E-state index contributed by atoms with van der Waals surface area (Å²) in [5.41, 5.74) is 3.55. The Morgan fingerprint density at radius 2 is 1.74 bits per heavy atom. The molecule has 35 heavy (non-hydrogen) atoms. The molecule has 170 valence electrons. The van der Waals surface area contributed by atoms with E-state index in [1.165, 1.54) is 0 Å². The first kappa shape index (κ1) is 21.0. The van der Waals surface area contributed by atoms with E-state index in [0.29, 0.717) is 22.4 Å². The maximum Gasteiger partial charge on any atom is 0.345 e. The van der Waals surface area contributed by atoms with Crippen molar-refractivity contribution in [2.24, 2.45) is 17.3 Å². The van der Waals surface area contributed by atoms with Crippen LogP contribution in [0.15, 0.2) is 111 Å². The van der Waals surface area contributed by atoms with Crippen LogP contribution in [-0.2, 0) is 7.05 Å². The molecule has 0 aliphatic rings. The molecule has 0 aliphatic heterocycles. The molecule has 0 unspecified atom stereocenters. The predicted octanol–water partition coefficient (Wildman–Crippen LogP) is 5.13. The van der Waals surface area contributed by atoms with Crippen molar-refractivity contribution >= 4 is 38.7 Å². The third kappa shape index (κ3) is 3.89. The molecule has 6 aromatic rings. The van der Waals surface area contributed by atoms with Crippen LogP contribution in [0.3, 0.4) is 0 Å². The van der Waals surface area contributed by atoms with Crippen LogP contribution in [0.5, 0.6) is 0 Å². The van der Waals surface area contributed by atoms with Gasteiger partial charge in [-0.15, -0.1) is 5.10 Å². The standard InChI is InChI=1S/C27H19N5O2S/c1-31-22-12-6-8-14-24(22)35-27(31)29-28-16-19-17-32(20-10-3-2-4-11-20)30-25(19)21-15-18-9-5-7-13-23(18)34-26(21)33/h2-17H,1H3/b28-16-,29-27+. The summed E-state index contributed by atoms with van der Waals surface area (Å²) >= 11 is 1.56. The monoisotopic (exact) mass is 477 g/mol. The van der Waals surface area contributed by atoms with E-state index in [-0.39, 0.29) is 0 Å². The summed E-state index contributed by atoms with van der Waals surface area (Å²) in [5, 5.41) is 14.3. The largest absolute Gasteiger partial charge is 0.422 e. The number of para-hydroxylation sites is 3. The van der Waals surface area contributed by atoms with Crippen molar-refractivity contribution in [2.75, 3.05) is 0 Å². The molecule has 7 nitrogen and oxygen atoms in total. The normalized spacial score (nSPS) is 12.3. The molecule has 0 amide bonds. The average molecular weight is 478 g/mol. The van der Waals surface area contributed by atoms with Crippen molar-refractivity contribution < 1.29 is 4.42 Å². The number of hydrogen-bond donors (Lipinski definition) is 0. The molecule has 3 aromatic carbocycles. The second-order valence-corrected chi connectivity index (χ2v) is 8.96. The van der Waals surface area contributed by atoms with Crippen LogP contribution in [0, 0.1) is 0 Å². The van der Waals surface area contributed by atoms with Gasteiger partial charge < -0.3 is 8.98 Å². The fourth-order valence-corrected chi connectivity index (χ4v) is 4.93. The van der Waals surface area contributed by atoms with Crippen LogP contribution in [0.1, 0.15) is 5.56 Å². The van der Waals surface area contributed by atoms with Crippen LogP contribution in [0.2, 0.25) is 0 Å². The highest BCUT2D eigenvalue weighted by Crippen LogP contribution is 2.24. The predicted molar refractivity (Wildman–Crippen MR) is 139 cm³/mol. The molecular weight excluding hydrogens is 458 g/mol. The van der Waals surface area contributed by atoms with Crippen LogP contribution >= 0.6 is 11.3 Å². The minimum atomic E-state index is -0.454. The Morgan fingerprint density at radius 1 is 0.971 bits per heavy atom. The lowest BCUT2D eigenvalue weighted by atomic mass is 10.1. The molecular formula is C27H19N5O2S. The molecule has 6 rings (SSSR count). The van der Waals surface area contributed by atoms with Crippen molar-refractivity contribution in [3.05, 3.63) is 112 Å². The fourth-order valence-electron chi connectivity index (χ4n) is 3.95. The average Bonchev–Trinajstić information content (AvgIpc) is 3.45. The first-order valence-electron chi connectivity index (χ1n) is 11.0. The molecule has 0 saturated heterocycles. The lowest BCUT2D eigenvalue weighted by Gasteiger charge is -2.01. The second kappa shape index (κ2) is 8.66. The van der Waals surface area contributed by atoms with E-state index in [4.69, 9.17) is 9.52 Å². The summed E-state index contributed by atoms with van der Waals surface area (Å²) in [4.78, 5) is 13.7. The number of thiazole rings is 1. The summed E-state index contributed by atoms with van der Waals surface area (Å²) in [5.74, 6) is 0. The first-order valence-corrected chi connectivity index (χ1v) is 11.8. The molecule has 0 saturated carbocycles. The summed E-state index contributed by atoms with van der Waals surface area (Å²) in [6, 6.07) is 27.0. The van der Waals surface area contributed by atoms with Crippen molar-refractivity contribution in [3.63, 3.8) is 0 Å². The van der Waals surface area contributed by atoms with Gasteiger partial charge in [-0.2, -0.15) is 10.2 Å². The van der Waals surface area contributed by atoms with Gasteiger partial charge in [0.1, 0.15) is 11.3 Å². The molecule has 0 aliphatic carbocycles. The van der Waals surface area contributed by atoms with E-state index in [1.807, 2.05) is 78.5 Å².